The maximum Gasteiger partial charge on any atom is 0.337 e. The molecule has 9 heteroatoms. The van der Waals surface area contributed by atoms with E-state index in [-0.39, 0.29) is 33.6 Å². The average molecular weight is 507 g/mol. The standard InChI is InChI=1S/C24H24Cl2N2O4S/c1-2-17(18-8-4-3-5-9-18)15-27-22-13-21(26)23(12-20(22)24(29)30)33(31,32)28-14-16-7-6-10-19(25)11-16/h3-13,17,27-28H,2,14-15H2,1H3,(H,29,30). The monoisotopic (exact) mass is 506 g/mol. The number of anilines is 1. The summed E-state index contributed by atoms with van der Waals surface area (Å²) in [6.45, 7) is 2.50. The van der Waals surface area contributed by atoms with Crippen LogP contribution < -0.4 is 10.0 Å². The molecule has 0 aromatic heterocycles. The second kappa shape index (κ2) is 11.0. The highest BCUT2D eigenvalue weighted by Crippen LogP contribution is 2.30. The summed E-state index contributed by atoms with van der Waals surface area (Å²) in [5, 5.41) is 13.2. The molecule has 3 N–H and O–H groups in total. The summed E-state index contributed by atoms with van der Waals surface area (Å²) >= 11 is 12.2. The molecule has 3 aromatic rings. The molecule has 0 heterocycles. The Balaban J connectivity index is 1.83. The van der Waals surface area contributed by atoms with Gasteiger partial charge >= 0.3 is 5.97 Å². The third-order valence-electron chi connectivity index (χ3n) is 5.25. The molecule has 0 aliphatic rings. The Labute approximate surface area is 203 Å². The van der Waals surface area contributed by atoms with Crippen LogP contribution in [0.1, 0.15) is 40.7 Å². The summed E-state index contributed by atoms with van der Waals surface area (Å²) in [7, 11) is -4.07. The minimum absolute atomic E-state index is 0.0170. The first kappa shape index (κ1) is 25.1. The van der Waals surface area contributed by atoms with Gasteiger partial charge in [0.1, 0.15) is 4.90 Å². The predicted molar refractivity (Wildman–Crippen MR) is 132 cm³/mol. The molecule has 0 bridgehead atoms. The Morgan fingerprint density at radius 3 is 2.39 bits per heavy atom. The van der Waals surface area contributed by atoms with Crippen molar-refractivity contribution < 1.29 is 18.3 Å². The van der Waals surface area contributed by atoms with Crippen LogP contribution >= 0.6 is 23.2 Å². The third-order valence-corrected chi connectivity index (χ3v) is 7.35. The lowest BCUT2D eigenvalue weighted by atomic mass is 9.96. The van der Waals surface area contributed by atoms with E-state index in [1.807, 2.05) is 37.3 Å². The van der Waals surface area contributed by atoms with Gasteiger partial charge in [0.2, 0.25) is 10.0 Å². The zero-order chi connectivity index (χ0) is 24.0. The van der Waals surface area contributed by atoms with Gasteiger partial charge in [0.15, 0.2) is 0 Å². The highest BCUT2D eigenvalue weighted by Gasteiger charge is 2.23. The molecule has 3 aromatic carbocycles. The van der Waals surface area contributed by atoms with Crippen LogP contribution in [0.3, 0.4) is 0 Å². The van der Waals surface area contributed by atoms with E-state index in [1.54, 1.807) is 24.3 Å². The maximum atomic E-state index is 12.9. The van der Waals surface area contributed by atoms with Crippen LogP contribution in [0.4, 0.5) is 5.69 Å². The molecule has 0 amide bonds. The van der Waals surface area contributed by atoms with E-state index in [9.17, 15) is 18.3 Å². The van der Waals surface area contributed by atoms with Crippen molar-refractivity contribution in [2.24, 2.45) is 0 Å². The number of sulfonamides is 1. The lowest BCUT2D eigenvalue weighted by molar-refractivity contribution is 0.0697. The van der Waals surface area contributed by atoms with Gasteiger partial charge in [-0.2, -0.15) is 0 Å². The van der Waals surface area contributed by atoms with Crippen molar-refractivity contribution >= 4 is 44.9 Å². The fourth-order valence-corrected chi connectivity index (χ4v) is 5.22. The van der Waals surface area contributed by atoms with Gasteiger partial charge in [0.05, 0.1) is 16.3 Å². The first-order valence-corrected chi connectivity index (χ1v) is 12.5. The van der Waals surface area contributed by atoms with Crippen LogP contribution in [-0.2, 0) is 16.6 Å². The van der Waals surface area contributed by atoms with Gasteiger partial charge in [-0.05, 0) is 41.8 Å². The summed E-state index contributed by atoms with van der Waals surface area (Å²) in [6, 6.07) is 19.1. The lowest BCUT2D eigenvalue weighted by Gasteiger charge is -2.19. The molecule has 0 radical (unpaired) electrons. The normalized spacial score (nSPS) is 12.3. The van der Waals surface area contributed by atoms with E-state index in [1.165, 1.54) is 6.07 Å². The number of hydrogen-bond donors (Lipinski definition) is 3. The van der Waals surface area contributed by atoms with Crippen molar-refractivity contribution in [3.63, 3.8) is 0 Å². The minimum atomic E-state index is -4.07. The molecule has 33 heavy (non-hydrogen) atoms. The van der Waals surface area contributed by atoms with Crippen molar-refractivity contribution in [2.45, 2.75) is 30.7 Å². The van der Waals surface area contributed by atoms with E-state index in [0.717, 1.165) is 18.1 Å². The Hall–Kier alpha value is -2.58. The smallest absolute Gasteiger partial charge is 0.337 e. The van der Waals surface area contributed by atoms with Gasteiger partial charge in [-0.15, -0.1) is 0 Å². The summed E-state index contributed by atoms with van der Waals surface area (Å²) in [5.74, 6) is -1.11. The number of benzene rings is 3. The molecule has 3 rings (SSSR count). The molecule has 0 saturated heterocycles. The van der Waals surface area contributed by atoms with Crippen LogP contribution in [0.5, 0.6) is 0 Å². The number of aromatic carboxylic acids is 1. The molecule has 1 atom stereocenters. The molecule has 0 saturated carbocycles. The van der Waals surface area contributed by atoms with Gasteiger partial charge in [-0.3, -0.25) is 0 Å². The summed E-state index contributed by atoms with van der Waals surface area (Å²) in [4.78, 5) is 11.6. The molecule has 0 aliphatic heterocycles. The topological polar surface area (TPSA) is 95.5 Å². The number of carboxylic acid groups (broad SMARTS) is 1. The van der Waals surface area contributed by atoms with Gasteiger partial charge < -0.3 is 10.4 Å². The maximum absolute atomic E-state index is 12.9. The SMILES string of the molecule is CCC(CNc1cc(Cl)c(S(=O)(=O)NCc2cccc(Cl)c2)cc1C(=O)O)c1ccccc1. The first-order valence-electron chi connectivity index (χ1n) is 10.3. The van der Waals surface area contributed by atoms with E-state index in [0.29, 0.717) is 17.1 Å². The summed E-state index contributed by atoms with van der Waals surface area (Å²) in [6.07, 6.45) is 0.840. The van der Waals surface area contributed by atoms with Crippen molar-refractivity contribution in [3.05, 3.63) is 93.5 Å². The Kier molecular flexibility index (Phi) is 8.37. The third kappa shape index (κ3) is 6.48. The lowest BCUT2D eigenvalue weighted by Crippen LogP contribution is -2.24. The Bertz CT molecular complexity index is 1230. The molecular weight excluding hydrogens is 483 g/mol. The fourth-order valence-electron chi connectivity index (χ4n) is 3.44. The Morgan fingerprint density at radius 2 is 1.76 bits per heavy atom. The number of halogens is 2. The highest BCUT2D eigenvalue weighted by atomic mass is 35.5. The van der Waals surface area contributed by atoms with Crippen LogP contribution in [0.25, 0.3) is 0 Å². The van der Waals surface area contributed by atoms with Gasteiger partial charge in [-0.25, -0.2) is 17.9 Å². The van der Waals surface area contributed by atoms with Crippen molar-refractivity contribution in [2.75, 3.05) is 11.9 Å². The van der Waals surface area contributed by atoms with Crippen LogP contribution in [0, 0.1) is 0 Å². The second-order valence-electron chi connectivity index (χ2n) is 7.48. The molecule has 6 nitrogen and oxygen atoms in total. The van der Waals surface area contributed by atoms with Gasteiger partial charge in [0, 0.05) is 24.0 Å². The zero-order valence-corrected chi connectivity index (χ0v) is 20.2. The van der Waals surface area contributed by atoms with Crippen molar-refractivity contribution in [1.29, 1.82) is 0 Å². The van der Waals surface area contributed by atoms with Crippen molar-refractivity contribution in [1.82, 2.24) is 4.72 Å². The first-order chi connectivity index (χ1) is 15.7. The van der Waals surface area contributed by atoms with E-state index in [2.05, 4.69) is 10.0 Å². The number of nitrogens with one attached hydrogen (secondary N) is 2. The average Bonchev–Trinajstić information content (AvgIpc) is 2.78. The Morgan fingerprint density at radius 1 is 1.03 bits per heavy atom. The molecule has 1 unspecified atom stereocenters. The molecule has 0 spiro atoms. The second-order valence-corrected chi connectivity index (χ2v) is 10.1. The molecule has 0 fully saturated rings. The fraction of sp³-hybridized carbons (Fsp3) is 0.208. The number of carboxylic acids is 1. The largest absolute Gasteiger partial charge is 0.478 e. The van der Waals surface area contributed by atoms with E-state index >= 15 is 0 Å². The minimum Gasteiger partial charge on any atom is -0.478 e. The number of carbonyl (C=O) groups is 1. The number of hydrogen-bond acceptors (Lipinski definition) is 4. The summed E-state index contributed by atoms with van der Waals surface area (Å²) in [5.41, 5.74) is 1.87. The molecular formula is C24H24Cl2N2O4S. The number of rotatable bonds is 10. The van der Waals surface area contributed by atoms with Gasteiger partial charge in [-0.1, -0.05) is 72.6 Å². The highest BCUT2D eigenvalue weighted by molar-refractivity contribution is 7.89. The van der Waals surface area contributed by atoms with Crippen LogP contribution in [0.2, 0.25) is 10.0 Å². The van der Waals surface area contributed by atoms with Gasteiger partial charge in [0.25, 0.3) is 0 Å². The quantitative estimate of drug-likeness (QED) is 0.324. The van der Waals surface area contributed by atoms with Crippen molar-refractivity contribution in [3.8, 4) is 0 Å². The zero-order valence-electron chi connectivity index (χ0n) is 17.9. The summed E-state index contributed by atoms with van der Waals surface area (Å²) < 4.78 is 28.1. The van der Waals surface area contributed by atoms with Crippen LogP contribution in [-0.4, -0.2) is 26.0 Å². The van der Waals surface area contributed by atoms with E-state index < -0.39 is 16.0 Å². The molecule has 174 valence electrons. The molecule has 0 aliphatic carbocycles. The van der Waals surface area contributed by atoms with E-state index in [4.69, 9.17) is 23.2 Å². The van der Waals surface area contributed by atoms with Crippen LogP contribution in [0.15, 0.2) is 71.6 Å². The predicted octanol–water partition coefficient (Wildman–Crippen LogP) is 5.78.